The van der Waals surface area contributed by atoms with Gasteiger partial charge in [0.05, 0.1) is 13.2 Å². The van der Waals surface area contributed by atoms with Gasteiger partial charge in [-0.15, -0.1) is 0 Å². The number of amides is 1. The van der Waals surface area contributed by atoms with E-state index in [9.17, 15) is 4.79 Å². The van der Waals surface area contributed by atoms with E-state index in [1.165, 1.54) is 32.1 Å². The van der Waals surface area contributed by atoms with E-state index in [0.29, 0.717) is 25.1 Å². The highest BCUT2D eigenvalue weighted by atomic mass is 16.5. The van der Waals surface area contributed by atoms with Crippen molar-refractivity contribution in [3.05, 3.63) is 24.3 Å². The summed E-state index contributed by atoms with van der Waals surface area (Å²) in [6, 6.07) is 8.06. The zero-order chi connectivity index (χ0) is 15.8. The van der Waals surface area contributed by atoms with Gasteiger partial charge in [0.15, 0.2) is 0 Å². The van der Waals surface area contributed by atoms with Crippen LogP contribution in [0.5, 0.6) is 5.75 Å². The maximum atomic E-state index is 12.0. The Bertz CT molecular complexity index is 451. The van der Waals surface area contributed by atoms with Gasteiger partial charge in [-0.3, -0.25) is 4.79 Å². The fraction of sp³-hybridized carbons (Fsp3) is 0.611. The average Bonchev–Trinajstić information content (AvgIpc) is 2.53. The molecule has 0 atom stereocenters. The van der Waals surface area contributed by atoms with Crippen molar-refractivity contribution in [2.45, 2.75) is 52.0 Å². The molecule has 22 heavy (non-hydrogen) atoms. The second-order valence-electron chi connectivity index (χ2n) is 6.49. The lowest BCUT2D eigenvalue weighted by Gasteiger charge is -2.22. The third-order valence-electron chi connectivity index (χ3n) is 3.88. The summed E-state index contributed by atoms with van der Waals surface area (Å²) in [5.74, 6) is 1.36. The minimum atomic E-state index is 0.0152. The molecule has 0 unspecified atom stereocenters. The molecule has 2 rings (SSSR count). The van der Waals surface area contributed by atoms with Crippen molar-refractivity contribution in [3.63, 3.8) is 0 Å². The van der Waals surface area contributed by atoms with Gasteiger partial charge >= 0.3 is 0 Å². The largest absolute Gasteiger partial charge is 0.493 e. The van der Waals surface area contributed by atoms with Gasteiger partial charge in [0.25, 0.3) is 0 Å². The Kier molecular flexibility index (Phi) is 6.72. The molecule has 4 heteroatoms. The molecular formula is C18H28N2O2. The molecule has 0 heterocycles. The van der Waals surface area contributed by atoms with Crippen LogP contribution in [0.3, 0.4) is 0 Å². The van der Waals surface area contributed by atoms with E-state index in [1.807, 2.05) is 24.3 Å². The molecule has 1 aliphatic carbocycles. The molecule has 2 N–H and O–H groups in total. The number of rotatable bonds is 7. The zero-order valence-electron chi connectivity index (χ0n) is 13.7. The van der Waals surface area contributed by atoms with Crippen molar-refractivity contribution in [1.29, 1.82) is 0 Å². The molecule has 1 amide bonds. The highest BCUT2D eigenvalue weighted by Gasteiger charge is 2.13. The molecule has 0 spiro atoms. The summed E-state index contributed by atoms with van der Waals surface area (Å²) in [6.07, 6.45) is 6.26. The van der Waals surface area contributed by atoms with E-state index in [2.05, 4.69) is 24.5 Å². The predicted octanol–water partition coefficient (Wildman–Crippen LogP) is 3.58. The lowest BCUT2D eigenvalue weighted by molar-refractivity contribution is -0.115. The Labute approximate surface area is 133 Å². The Hall–Kier alpha value is -1.55. The molecular weight excluding hydrogens is 276 g/mol. The number of benzene rings is 1. The molecule has 122 valence electrons. The van der Waals surface area contributed by atoms with E-state index in [0.717, 1.165) is 11.4 Å². The van der Waals surface area contributed by atoms with Crippen molar-refractivity contribution in [2.75, 3.05) is 18.5 Å². The summed E-state index contributed by atoms with van der Waals surface area (Å²) in [5, 5.41) is 6.27. The fourth-order valence-corrected chi connectivity index (χ4v) is 2.65. The summed E-state index contributed by atoms with van der Waals surface area (Å²) in [5.41, 5.74) is 0.812. The van der Waals surface area contributed by atoms with Gasteiger partial charge in [-0.25, -0.2) is 0 Å². The van der Waals surface area contributed by atoms with Crippen molar-refractivity contribution in [1.82, 2.24) is 5.32 Å². The number of hydrogen-bond acceptors (Lipinski definition) is 3. The van der Waals surface area contributed by atoms with Gasteiger partial charge in [0.1, 0.15) is 5.75 Å². The monoisotopic (exact) mass is 304 g/mol. The van der Waals surface area contributed by atoms with E-state index in [-0.39, 0.29) is 5.91 Å². The lowest BCUT2D eigenvalue weighted by Crippen LogP contribution is -2.37. The zero-order valence-corrected chi connectivity index (χ0v) is 13.7. The fourth-order valence-electron chi connectivity index (χ4n) is 2.65. The van der Waals surface area contributed by atoms with E-state index >= 15 is 0 Å². The maximum Gasteiger partial charge on any atom is 0.238 e. The van der Waals surface area contributed by atoms with Crippen LogP contribution in [0.25, 0.3) is 0 Å². The summed E-state index contributed by atoms with van der Waals surface area (Å²) < 4.78 is 5.63. The first-order valence-electron chi connectivity index (χ1n) is 8.39. The standard InChI is InChI=1S/C18H28N2O2/c1-14(2)13-22-17-10-8-16(9-11-17)20-18(21)12-19-15-6-4-3-5-7-15/h8-11,14-15,19H,3-7,12-13H2,1-2H3,(H,20,21). The molecule has 0 saturated heterocycles. The number of ether oxygens (including phenoxy) is 1. The maximum absolute atomic E-state index is 12.0. The number of anilines is 1. The summed E-state index contributed by atoms with van der Waals surface area (Å²) in [4.78, 5) is 12.0. The lowest BCUT2D eigenvalue weighted by atomic mass is 9.95. The van der Waals surface area contributed by atoms with Crippen molar-refractivity contribution < 1.29 is 9.53 Å². The van der Waals surface area contributed by atoms with Gasteiger partial charge in [-0.1, -0.05) is 33.1 Å². The Balaban J connectivity index is 1.71. The smallest absolute Gasteiger partial charge is 0.238 e. The number of nitrogens with one attached hydrogen (secondary N) is 2. The number of hydrogen-bond donors (Lipinski definition) is 2. The molecule has 0 aliphatic heterocycles. The molecule has 1 saturated carbocycles. The SMILES string of the molecule is CC(C)COc1ccc(NC(=O)CNC2CCCCC2)cc1. The normalized spacial score (nSPS) is 15.8. The van der Waals surface area contributed by atoms with Crippen LogP contribution in [0.15, 0.2) is 24.3 Å². The van der Waals surface area contributed by atoms with Crippen molar-refractivity contribution in [2.24, 2.45) is 5.92 Å². The van der Waals surface area contributed by atoms with Gasteiger partial charge in [-0.05, 0) is 43.0 Å². The van der Waals surface area contributed by atoms with Gasteiger partial charge in [-0.2, -0.15) is 0 Å². The average molecular weight is 304 g/mol. The Morgan fingerprint density at radius 2 is 1.86 bits per heavy atom. The molecule has 0 bridgehead atoms. The van der Waals surface area contributed by atoms with Crippen LogP contribution in [0.1, 0.15) is 46.0 Å². The van der Waals surface area contributed by atoms with Crippen LogP contribution in [0.2, 0.25) is 0 Å². The molecule has 1 aliphatic rings. The molecule has 1 aromatic carbocycles. The number of carbonyl (C=O) groups is 1. The van der Waals surface area contributed by atoms with Gasteiger partial charge in [0.2, 0.25) is 5.91 Å². The van der Waals surface area contributed by atoms with Gasteiger partial charge in [0, 0.05) is 11.7 Å². The van der Waals surface area contributed by atoms with Crippen LogP contribution in [-0.2, 0) is 4.79 Å². The van der Waals surface area contributed by atoms with Gasteiger partial charge < -0.3 is 15.4 Å². The molecule has 4 nitrogen and oxygen atoms in total. The number of carbonyl (C=O) groups excluding carboxylic acids is 1. The predicted molar refractivity (Wildman–Crippen MR) is 90.3 cm³/mol. The van der Waals surface area contributed by atoms with Crippen molar-refractivity contribution in [3.8, 4) is 5.75 Å². The van der Waals surface area contributed by atoms with Crippen molar-refractivity contribution >= 4 is 11.6 Å². The van der Waals surface area contributed by atoms with E-state index in [1.54, 1.807) is 0 Å². The minimum Gasteiger partial charge on any atom is -0.493 e. The van der Waals surface area contributed by atoms with Crippen LogP contribution in [0, 0.1) is 5.92 Å². The van der Waals surface area contributed by atoms with Crippen LogP contribution < -0.4 is 15.4 Å². The van der Waals surface area contributed by atoms with Crippen LogP contribution in [0.4, 0.5) is 5.69 Å². The molecule has 1 aromatic rings. The highest BCUT2D eigenvalue weighted by molar-refractivity contribution is 5.92. The first-order valence-corrected chi connectivity index (χ1v) is 8.39. The van der Waals surface area contributed by atoms with Crippen LogP contribution in [-0.4, -0.2) is 25.1 Å². The summed E-state index contributed by atoms with van der Waals surface area (Å²) in [7, 11) is 0. The second kappa shape index (κ2) is 8.79. The van der Waals surface area contributed by atoms with E-state index < -0.39 is 0 Å². The minimum absolute atomic E-state index is 0.0152. The molecule has 0 radical (unpaired) electrons. The Morgan fingerprint density at radius 3 is 2.50 bits per heavy atom. The summed E-state index contributed by atoms with van der Waals surface area (Å²) >= 11 is 0. The summed E-state index contributed by atoms with van der Waals surface area (Å²) in [6.45, 7) is 5.33. The first kappa shape index (κ1) is 16.8. The molecule has 1 fully saturated rings. The van der Waals surface area contributed by atoms with Crippen LogP contribution >= 0.6 is 0 Å². The first-order chi connectivity index (χ1) is 10.6. The second-order valence-corrected chi connectivity index (χ2v) is 6.49. The highest BCUT2D eigenvalue weighted by Crippen LogP contribution is 2.18. The third-order valence-corrected chi connectivity index (χ3v) is 3.88. The van der Waals surface area contributed by atoms with E-state index in [4.69, 9.17) is 4.74 Å². The third kappa shape index (κ3) is 6.06. The Morgan fingerprint density at radius 1 is 1.18 bits per heavy atom. The molecule has 0 aromatic heterocycles. The quantitative estimate of drug-likeness (QED) is 0.809. The topological polar surface area (TPSA) is 50.4 Å².